The molecule has 0 aromatic heterocycles. The number of carboxylic acids is 1. The summed E-state index contributed by atoms with van der Waals surface area (Å²) >= 11 is 11.8. The van der Waals surface area contributed by atoms with Gasteiger partial charge >= 0.3 is 5.97 Å². The molecule has 0 aliphatic carbocycles. The average molecular weight is 290 g/mol. The summed E-state index contributed by atoms with van der Waals surface area (Å²) in [5.41, 5.74) is 1.02. The van der Waals surface area contributed by atoms with Crippen LogP contribution in [0.5, 0.6) is 0 Å². The van der Waals surface area contributed by atoms with Gasteiger partial charge in [0, 0.05) is 23.0 Å². The van der Waals surface area contributed by atoms with Gasteiger partial charge in [-0.2, -0.15) is 0 Å². The number of benzene rings is 1. The molecule has 0 spiro atoms. The van der Waals surface area contributed by atoms with Gasteiger partial charge in [-0.25, -0.2) is 0 Å². The number of rotatable bonds is 8. The molecule has 1 aromatic rings. The third kappa shape index (κ3) is 6.24. The number of hydrogen-bond acceptors (Lipinski definition) is 2. The van der Waals surface area contributed by atoms with Crippen LogP contribution in [0.1, 0.15) is 31.2 Å². The van der Waals surface area contributed by atoms with E-state index in [9.17, 15) is 4.79 Å². The van der Waals surface area contributed by atoms with Crippen molar-refractivity contribution >= 4 is 29.2 Å². The predicted molar refractivity (Wildman–Crippen MR) is 74.3 cm³/mol. The number of carboxylic acid groups (broad SMARTS) is 1. The molecule has 5 heteroatoms. The van der Waals surface area contributed by atoms with Gasteiger partial charge in [0.2, 0.25) is 0 Å². The molecular formula is C13H17Cl2NO2. The maximum atomic E-state index is 10.3. The fraction of sp³-hybridized carbons (Fsp3) is 0.462. The Hall–Kier alpha value is -0.770. The van der Waals surface area contributed by atoms with E-state index >= 15 is 0 Å². The first kappa shape index (κ1) is 15.3. The van der Waals surface area contributed by atoms with E-state index in [0.29, 0.717) is 16.6 Å². The van der Waals surface area contributed by atoms with Gasteiger partial charge in [0.1, 0.15) is 0 Å². The summed E-state index contributed by atoms with van der Waals surface area (Å²) in [6.45, 7) is 1.56. The van der Waals surface area contributed by atoms with Crippen LogP contribution in [0.3, 0.4) is 0 Å². The van der Waals surface area contributed by atoms with Gasteiger partial charge < -0.3 is 10.4 Å². The molecule has 1 rings (SSSR count). The fourth-order valence-electron chi connectivity index (χ4n) is 1.59. The lowest BCUT2D eigenvalue weighted by molar-refractivity contribution is -0.137. The highest BCUT2D eigenvalue weighted by molar-refractivity contribution is 6.35. The average Bonchev–Trinajstić information content (AvgIpc) is 2.30. The zero-order chi connectivity index (χ0) is 13.4. The molecule has 0 unspecified atom stereocenters. The van der Waals surface area contributed by atoms with Crippen molar-refractivity contribution in [3.8, 4) is 0 Å². The summed E-state index contributed by atoms with van der Waals surface area (Å²) in [4.78, 5) is 10.3. The quantitative estimate of drug-likeness (QED) is 0.717. The summed E-state index contributed by atoms with van der Waals surface area (Å²) in [5, 5.41) is 13.1. The molecule has 0 heterocycles. The Bertz CT molecular complexity index is 397. The highest BCUT2D eigenvalue weighted by atomic mass is 35.5. The lowest BCUT2D eigenvalue weighted by Gasteiger charge is -2.06. The predicted octanol–water partition coefficient (Wildman–Crippen LogP) is 3.73. The molecule has 0 aliphatic heterocycles. The van der Waals surface area contributed by atoms with Crippen molar-refractivity contribution in [2.45, 2.75) is 32.2 Å². The summed E-state index contributed by atoms with van der Waals surface area (Å²) in [6, 6.07) is 5.45. The van der Waals surface area contributed by atoms with E-state index in [2.05, 4.69) is 5.32 Å². The van der Waals surface area contributed by atoms with Gasteiger partial charge in [0.25, 0.3) is 0 Å². The first-order valence-electron chi connectivity index (χ1n) is 5.96. The van der Waals surface area contributed by atoms with Gasteiger partial charge in [-0.05, 0) is 37.1 Å². The highest BCUT2D eigenvalue weighted by Crippen LogP contribution is 2.20. The maximum absolute atomic E-state index is 10.3. The molecule has 0 saturated carbocycles. The van der Waals surface area contributed by atoms with E-state index in [-0.39, 0.29) is 6.42 Å². The number of nitrogens with one attached hydrogen (secondary N) is 1. The number of aliphatic carboxylic acids is 1. The SMILES string of the molecule is O=C(O)CCCCCNCc1ccc(Cl)cc1Cl. The third-order valence-corrected chi connectivity index (χ3v) is 3.16. The van der Waals surface area contributed by atoms with Crippen LogP contribution in [0.2, 0.25) is 10.0 Å². The van der Waals surface area contributed by atoms with Gasteiger partial charge in [-0.15, -0.1) is 0 Å². The van der Waals surface area contributed by atoms with E-state index in [1.165, 1.54) is 0 Å². The topological polar surface area (TPSA) is 49.3 Å². The summed E-state index contributed by atoms with van der Waals surface area (Å²) in [7, 11) is 0. The second kappa shape index (κ2) is 8.35. The van der Waals surface area contributed by atoms with Crippen LogP contribution in [0.25, 0.3) is 0 Å². The molecule has 2 N–H and O–H groups in total. The Labute approximate surface area is 117 Å². The zero-order valence-corrected chi connectivity index (χ0v) is 11.6. The number of halogens is 2. The van der Waals surface area contributed by atoms with Crippen molar-refractivity contribution in [3.05, 3.63) is 33.8 Å². The van der Waals surface area contributed by atoms with E-state index < -0.39 is 5.97 Å². The van der Waals surface area contributed by atoms with Crippen molar-refractivity contribution in [1.29, 1.82) is 0 Å². The lowest BCUT2D eigenvalue weighted by atomic mass is 10.2. The second-order valence-electron chi connectivity index (χ2n) is 4.12. The van der Waals surface area contributed by atoms with Gasteiger partial charge in [0.05, 0.1) is 0 Å². The van der Waals surface area contributed by atoms with Crippen LogP contribution >= 0.6 is 23.2 Å². The second-order valence-corrected chi connectivity index (χ2v) is 4.96. The Morgan fingerprint density at radius 2 is 2.00 bits per heavy atom. The molecule has 18 heavy (non-hydrogen) atoms. The number of carbonyl (C=O) groups is 1. The highest BCUT2D eigenvalue weighted by Gasteiger charge is 2.01. The molecular weight excluding hydrogens is 273 g/mol. The summed E-state index contributed by atoms with van der Waals surface area (Å²) in [6.07, 6.45) is 2.88. The first-order valence-corrected chi connectivity index (χ1v) is 6.71. The molecule has 0 radical (unpaired) electrons. The van der Waals surface area contributed by atoms with Crippen LogP contribution in [0.4, 0.5) is 0 Å². The molecule has 0 bridgehead atoms. The Morgan fingerprint density at radius 3 is 2.67 bits per heavy atom. The summed E-state index contributed by atoms with van der Waals surface area (Å²) < 4.78 is 0. The van der Waals surface area contributed by atoms with Gasteiger partial charge in [-0.1, -0.05) is 35.7 Å². The van der Waals surface area contributed by atoms with Crippen LogP contribution in [0, 0.1) is 0 Å². The first-order chi connectivity index (χ1) is 8.59. The van der Waals surface area contributed by atoms with Crippen molar-refractivity contribution in [3.63, 3.8) is 0 Å². The van der Waals surface area contributed by atoms with E-state index in [1.54, 1.807) is 6.07 Å². The van der Waals surface area contributed by atoms with E-state index in [1.807, 2.05) is 12.1 Å². The van der Waals surface area contributed by atoms with Crippen molar-refractivity contribution in [2.75, 3.05) is 6.54 Å². The Morgan fingerprint density at radius 1 is 1.22 bits per heavy atom. The molecule has 0 amide bonds. The third-order valence-electron chi connectivity index (χ3n) is 2.57. The van der Waals surface area contributed by atoms with Crippen molar-refractivity contribution in [2.24, 2.45) is 0 Å². The Balaban J connectivity index is 2.12. The monoisotopic (exact) mass is 289 g/mol. The van der Waals surface area contributed by atoms with Gasteiger partial charge in [-0.3, -0.25) is 4.79 Å². The Kier molecular flexibility index (Phi) is 7.09. The minimum atomic E-state index is -0.726. The zero-order valence-electron chi connectivity index (χ0n) is 10.1. The van der Waals surface area contributed by atoms with Crippen molar-refractivity contribution in [1.82, 2.24) is 5.32 Å². The van der Waals surface area contributed by atoms with Crippen molar-refractivity contribution < 1.29 is 9.90 Å². The normalized spacial score (nSPS) is 10.6. The molecule has 0 fully saturated rings. The molecule has 0 aliphatic rings. The molecule has 100 valence electrons. The smallest absolute Gasteiger partial charge is 0.303 e. The largest absolute Gasteiger partial charge is 0.481 e. The van der Waals surface area contributed by atoms with Crippen LogP contribution < -0.4 is 5.32 Å². The number of unbranched alkanes of at least 4 members (excludes halogenated alkanes) is 2. The summed E-state index contributed by atoms with van der Waals surface area (Å²) in [5.74, 6) is -0.726. The molecule has 3 nitrogen and oxygen atoms in total. The molecule has 0 atom stereocenters. The van der Waals surface area contributed by atoms with E-state index in [0.717, 1.165) is 31.4 Å². The van der Waals surface area contributed by atoms with Crippen LogP contribution in [-0.2, 0) is 11.3 Å². The minimum Gasteiger partial charge on any atom is -0.481 e. The maximum Gasteiger partial charge on any atom is 0.303 e. The van der Waals surface area contributed by atoms with E-state index in [4.69, 9.17) is 28.3 Å². The molecule has 0 saturated heterocycles. The van der Waals surface area contributed by atoms with Crippen LogP contribution in [-0.4, -0.2) is 17.6 Å². The standard InChI is InChI=1S/C13H17Cl2NO2/c14-11-6-5-10(12(15)8-11)9-16-7-3-1-2-4-13(17)18/h5-6,8,16H,1-4,7,9H2,(H,17,18). The minimum absolute atomic E-state index is 0.253. The van der Waals surface area contributed by atoms with Gasteiger partial charge in [0.15, 0.2) is 0 Å². The lowest BCUT2D eigenvalue weighted by Crippen LogP contribution is -2.15. The molecule has 1 aromatic carbocycles. The number of hydrogen-bond donors (Lipinski definition) is 2. The fourth-order valence-corrected chi connectivity index (χ4v) is 2.07. The van der Waals surface area contributed by atoms with Crippen LogP contribution in [0.15, 0.2) is 18.2 Å².